The van der Waals surface area contributed by atoms with Gasteiger partial charge in [0.05, 0.1) is 22.1 Å². The van der Waals surface area contributed by atoms with Crippen molar-refractivity contribution in [3.8, 4) is 6.07 Å². The molecular formula is C11H11NO2S. The molecule has 4 heteroatoms. The van der Waals surface area contributed by atoms with Crippen molar-refractivity contribution < 1.29 is 8.42 Å². The largest absolute Gasteiger partial charge is 0.223 e. The topological polar surface area (TPSA) is 57.9 Å². The Kier molecular flexibility index (Phi) is 2.28. The summed E-state index contributed by atoms with van der Waals surface area (Å²) in [5.41, 5.74) is 1.03. The Labute approximate surface area is 89.3 Å². The van der Waals surface area contributed by atoms with E-state index in [-0.39, 0.29) is 5.92 Å². The summed E-state index contributed by atoms with van der Waals surface area (Å²) in [5.74, 6) is -0.309. The maximum atomic E-state index is 11.9. The molecule has 0 amide bonds. The molecule has 1 aromatic rings. The highest BCUT2D eigenvalue weighted by Gasteiger charge is 2.48. The zero-order chi connectivity index (χ0) is 11.1. The van der Waals surface area contributed by atoms with Gasteiger partial charge in [-0.25, -0.2) is 8.42 Å². The van der Waals surface area contributed by atoms with E-state index >= 15 is 0 Å². The summed E-state index contributed by atoms with van der Waals surface area (Å²) in [5, 5.41) is 8.14. The summed E-state index contributed by atoms with van der Waals surface area (Å²) >= 11 is 0. The van der Waals surface area contributed by atoms with Crippen molar-refractivity contribution in [2.75, 3.05) is 0 Å². The van der Waals surface area contributed by atoms with Crippen LogP contribution in [0.2, 0.25) is 0 Å². The van der Waals surface area contributed by atoms with Gasteiger partial charge in [0.15, 0.2) is 9.84 Å². The van der Waals surface area contributed by atoms with Crippen LogP contribution in [0.1, 0.15) is 12.0 Å². The highest BCUT2D eigenvalue weighted by Crippen LogP contribution is 2.39. The van der Waals surface area contributed by atoms with Gasteiger partial charge in [-0.1, -0.05) is 17.7 Å². The first-order valence-corrected chi connectivity index (χ1v) is 6.30. The SMILES string of the molecule is Cc1ccc(S(=O)(=O)[C@H]2C[C@H]2C#N)cc1. The maximum Gasteiger partial charge on any atom is 0.182 e. The lowest BCUT2D eigenvalue weighted by molar-refractivity contribution is 0.593. The highest BCUT2D eigenvalue weighted by atomic mass is 32.2. The Hall–Kier alpha value is -1.34. The van der Waals surface area contributed by atoms with Crippen LogP contribution in [0.5, 0.6) is 0 Å². The van der Waals surface area contributed by atoms with Crippen molar-refractivity contribution in [2.45, 2.75) is 23.5 Å². The Morgan fingerprint density at radius 1 is 1.33 bits per heavy atom. The molecule has 1 aromatic carbocycles. The summed E-state index contributed by atoms with van der Waals surface area (Å²) < 4.78 is 23.8. The summed E-state index contributed by atoms with van der Waals surface area (Å²) in [7, 11) is -3.27. The minimum Gasteiger partial charge on any atom is -0.223 e. The standard InChI is InChI=1S/C11H11NO2S/c1-8-2-4-10(5-3-8)15(13,14)11-6-9(11)7-12/h2-5,9,11H,6H2,1H3/t9-,11-/m0/s1. The molecule has 2 atom stereocenters. The minimum absolute atomic E-state index is 0.309. The predicted octanol–water partition coefficient (Wildman–Crippen LogP) is 1.68. The lowest BCUT2D eigenvalue weighted by atomic mass is 10.2. The van der Waals surface area contributed by atoms with Crippen LogP contribution < -0.4 is 0 Å². The molecule has 0 heterocycles. The number of hydrogen-bond donors (Lipinski definition) is 0. The fourth-order valence-electron chi connectivity index (χ4n) is 1.55. The van der Waals surface area contributed by atoms with Gasteiger partial charge in [-0.15, -0.1) is 0 Å². The highest BCUT2D eigenvalue weighted by molar-refractivity contribution is 7.92. The molecule has 3 nitrogen and oxygen atoms in total. The minimum atomic E-state index is -3.27. The molecule has 0 spiro atoms. The second-order valence-electron chi connectivity index (χ2n) is 3.87. The lowest BCUT2D eigenvalue weighted by Gasteiger charge is -2.02. The average molecular weight is 221 g/mol. The number of hydrogen-bond acceptors (Lipinski definition) is 3. The third kappa shape index (κ3) is 1.75. The van der Waals surface area contributed by atoms with Crippen molar-refractivity contribution in [3.63, 3.8) is 0 Å². The van der Waals surface area contributed by atoms with Crippen LogP contribution in [0.15, 0.2) is 29.2 Å². The third-order valence-corrected chi connectivity index (χ3v) is 4.89. The van der Waals surface area contributed by atoms with Gasteiger partial charge in [0.25, 0.3) is 0 Å². The van der Waals surface area contributed by atoms with Gasteiger partial charge < -0.3 is 0 Å². The van der Waals surface area contributed by atoms with Crippen LogP contribution in [0.4, 0.5) is 0 Å². The molecule has 1 saturated carbocycles. The summed E-state index contributed by atoms with van der Waals surface area (Å²) in [4.78, 5) is 0.329. The molecule has 0 aliphatic heterocycles. The van der Waals surface area contributed by atoms with Crippen LogP contribution in [0.25, 0.3) is 0 Å². The molecular weight excluding hydrogens is 210 g/mol. The summed E-state index contributed by atoms with van der Waals surface area (Å²) in [6.07, 6.45) is 0.479. The fraction of sp³-hybridized carbons (Fsp3) is 0.364. The van der Waals surface area contributed by atoms with Crippen molar-refractivity contribution >= 4 is 9.84 Å². The summed E-state index contributed by atoms with van der Waals surface area (Å²) in [6, 6.07) is 8.76. The second kappa shape index (κ2) is 3.35. The molecule has 78 valence electrons. The van der Waals surface area contributed by atoms with E-state index in [2.05, 4.69) is 0 Å². The van der Waals surface area contributed by atoms with Crippen LogP contribution in [-0.4, -0.2) is 13.7 Å². The number of rotatable bonds is 2. The smallest absolute Gasteiger partial charge is 0.182 e. The monoisotopic (exact) mass is 221 g/mol. The molecule has 15 heavy (non-hydrogen) atoms. The van der Waals surface area contributed by atoms with Crippen molar-refractivity contribution in [3.05, 3.63) is 29.8 Å². The third-order valence-electron chi connectivity index (χ3n) is 2.65. The van der Waals surface area contributed by atoms with E-state index in [4.69, 9.17) is 5.26 Å². The molecule has 0 bridgehead atoms. The molecule has 0 radical (unpaired) electrons. The quantitative estimate of drug-likeness (QED) is 0.763. The van der Waals surface area contributed by atoms with Crippen molar-refractivity contribution in [1.82, 2.24) is 0 Å². The van der Waals surface area contributed by atoms with E-state index in [9.17, 15) is 8.42 Å². The van der Waals surface area contributed by atoms with Gasteiger partial charge in [-0.2, -0.15) is 5.26 Å². The Bertz CT molecular complexity index is 511. The summed E-state index contributed by atoms with van der Waals surface area (Å²) in [6.45, 7) is 1.91. The van der Waals surface area contributed by atoms with Crippen LogP contribution in [-0.2, 0) is 9.84 Å². The van der Waals surface area contributed by atoms with Gasteiger partial charge in [0, 0.05) is 0 Å². The molecule has 0 N–H and O–H groups in total. The number of sulfone groups is 1. The first-order valence-electron chi connectivity index (χ1n) is 4.76. The lowest BCUT2D eigenvalue weighted by Crippen LogP contribution is -2.09. The molecule has 2 rings (SSSR count). The number of nitriles is 1. The van der Waals surface area contributed by atoms with Gasteiger partial charge in [0.2, 0.25) is 0 Å². The molecule has 1 aliphatic carbocycles. The van der Waals surface area contributed by atoms with Crippen LogP contribution in [0.3, 0.4) is 0 Å². The van der Waals surface area contributed by atoms with E-state index < -0.39 is 15.1 Å². The van der Waals surface area contributed by atoms with E-state index in [1.54, 1.807) is 24.3 Å². The van der Waals surface area contributed by atoms with Gasteiger partial charge in [-0.3, -0.25) is 0 Å². The fourth-order valence-corrected chi connectivity index (χ4v) is 3.37. The average Bonchev–Trinajstić information content (AvgIpc) is 2.98. The van der Waals surface area contributed by atoms with Crippen molar-refractivity contribution in [1.29, 1.82) is 5.26 Å². The van der Waals surface area contributed by atoms with Gasteiger partial charge in [0.1, 0.15) is 0 Å². The predicted molar refractivity (Wildman–Crippen MR) is 55.9 cm³/mol. The van der Waals surface area contributed by atoms with E-state index in [0.717, 1.165) is 5.56 Å². The van der Waals surface area contributed by atoms with Gasteiger partial charge >= 0.3 is 0 Å². The zero-order valence-electron chi connectivity index (χ0n) is 8.34. The van der Waals surface area contributed by atoms with E-state index in [0.29, 0.717) is 11.3 Å². The maximum absolute atomic E-state index is 11.9. The van der Waals surface area contributed by atoms with Crippen molar-refractivity contribution in [2.24, 2.45) is 5.92 Å². The van der Waals surface area contributed by atoms with E-state index in [1.165, 1.54) is 0 Å². The molecule has 1 fully saturated rings. The molecule has 0 aromatic heterocycles. The Balaban J connectivity index is 2.32. The molecule has 1 aliphatic rings. The number of benzene rings is 1. The van der Waals surface area contributed by atoms with Crippen LogP contribution >= 0.6 is 0 Å². The normalized spacial score (nSPS) is 24.5. The number of aryl methyl sites for hydroxylation is 1. The molecule has 0 saturated heterocycles. The van der Waals surface area contributed by atoms with E-state index in [1.807, 2.05) is 13.0 Å². The number of nitrogens with zero attached hydrogens (tertiary/aromatic N) is 1. The second-order valence-corrected chi connectivity index (χ2v) is 6.03. The van der Waals surface area contributed by atoms with Gasteiger partial charge in [-0.05, 0) is 25.5 Å². The van der Waals surface area contributed by atoms with Crippen LogP contribution in [0, 0.1) is 24.2 Å². The Morgan fingerprint density at radius 3 is 2.40 bits per heavy atom. The molecule has 0 unspecified atom stereocenters. The zero-order valence-corrected chi connectivity index (χ0v) is 9.16. The Morgan fingerprint density at radius 2 is 1.93 bits per heavy atom. The first-order chi connectivity index (χ1) is 7.05. The first kappa shape index (κ1) is 10.2.